The van der Waals surface area contributed by atoms with Gasteiger partial charge >= 0.3 is 5.69 Å². The summed E-state index contributed by atoms with van der Waals surface area (Å²) < 4.78 is 11.0. The van der Waals surface area contributed by atoms with Crippen LogP contribution < -0.4 is 9.47 Å². The topological polar surface area (TPSA) is 112 Å². The number of methoxy groups -OCH3 is 1. The van der Waals surface area contributed by atoms with E-state index in [0.29, 0.717) is 23.4 Å². The summed E-state index contributed by atoms with van der Waals surface area (Å²) in [6.45, 7) is 0.297. The molecular formula is C24H19N3O6S. The summed E-state index contributed by atoms with van der Waals surface area (Å²) in [5, 5.41) is 10.9. The van der Waals surface area contributed by atoms with E-state index in [0.717, 1.165) is 17.3 Å². The van der Waals surface area contributed by atoms with E-state index in [2.05, 4.69) is 4.98 Å². The summed E-state index contributed by atoms with van der Waals surface area (Å²) in [5.41, 5.74) is 1.37. The zero-order valence-electron chi connectivity index (χ0n) is 18.0. The quantitative estimate of drug-likeness (QED) is 0.251. The minimum atomic E-state index is -0.586. The fraction of sp³-hybridized carbons (Fsp3) is 0.125. The van der Waals surface area contributed by atoms with Gasteiger partial charge in [-0.3, -0.25) is 24.6 Å². The number of carbonyl (C=O) groups excluding carboxylic acids is 2. The van der Waals surface area contributed by atoms with Gasteiger partial charge in [0.25, 0.3) is 17.0 Å². The number of thioether (sulfide) groups is 1. The third kappa shape index (κ3) is 5.07. The molecule has 2 heterocycles. The van der Waals surface area contributed by atoms with E-state index < -0.39 is 4.92 Å². The van der Waals surface area contributed by atoms with Crippen LogP contribution in [0.1, 0.15) is 11.1 Å². The number of pyridine rings is 1. The lowest BCUT2D eigenvalue weighted by Crippen LogP contribution is -2.30. The number of imide groups is 1. The highest BCUT2D eigenvalue weighted by Gasteiger charge is 2.34. The zero-order valence-corrected chi connectivity index (χ0v) is 18.9. The van der Waals surface area contributed by atoms with Gasteiger partial charge < -0.3 is 9.47 Å². The predicted octanol–water partition coefficient (Wildman–Crippen LogP) is 5.07. The maximum absolute atomic E-state index is 12.8. The first-order valence-corrected chi connectivity index (χ1v) is 11.0. The van der Waals surface area contributed by atoms with Crippen molar-refractivity contribution in [2.75, 3.05) is 13.7 Å². The molecular weight excluding hydrogens is 458 g/mol. The fourth-order valence-corrected chi connectivity index (χ4v) is 4.16. The van der Waals surface area contributed by atoms with Crippen molar-refractivity contribution in [3.8, 4) is 17.4 Å². The van der Waals surface area contributed by atoms with Crippen LogP contribution in [-0.4, -0.2) is 39.6 Å². The molecule has 1 aliphatic rings. The summed E-state index contributed by atoms with van der Waals surface area (Å²) in [6, 6.07) is 17.2. The largest absolute Gasteiger partial charge is 0.493 e. The summed E-state index contributed by atoms with van der Waals surface area (Å²) in [6.07, 6.45) is 3.56. The maximum Gasteiger partial charge on any atom is 0.331 e. The minimum absolute atomic E-state index is 0.168. The fourth-order valence-electron chi connectivity index (χ4n) is 3.29. The molecule has 0 spiro atoms. The van der Waals surface area contributed by atoms with Crippen LogP contribution in [0.3, 0.4) is 0 Å². The molecule has 0 atom stereocenters. The van der Waals surface area contributed by atoms with Gasteiger partial charge in [0.05, 0.1) is 16.9 Å². The standard InChI is InChI=1S/C24H19N3O6S/c1-32-20-14-17(9-10-19(20)33-22-18(27(30)31)8-5-12-25-22)15-21-23(28)26(24(29)34-21)13-11-16-6-3-2-4-7-16/h2-10,12,14-15H,11,13H2,1H3/b21-15-. The van der Waals surface area contributed by atoms with Gasteiger partial charge in [-0.2, -0.15) is 0 Å². The highest BCUT2D eigenvalue weighted by Crippen LogP contribution is 2.37. The Morgan fingerprint density at radius 2 is 1.88 bits per heavy atom. The smallest absolute Gasteiger partial charge is 0.331 e. The van der Waals surface area contributed by atoms with Crippen LogP contribution in [0.4, 0.5) is 10.5 Å². The van der Waals surface area contributed by atoms with Crippen LogP contribution >= 0.6 is 11.8 Å². The normalized spacial score (nSPS) is 14.5. The van der Waals surface area contributed by atoms with E-state index in [9.17, 15) is 19.7 Å². The molecule has 1 aromatic heterocycles. The summed E-state index contributed by atoms with van der Waals surface area (Å²) in [4.78, 5) is 41.3. The van der Waals surface area contributed by atoms with Gasteiger partial charge in [-0.15, -0.1) is 0 Å². The van der Waals surface area contributed by atoms with Gasteiger partial charge in [-0.25, -0.2) is 4.98 Å². The Kier molecular flexibility index (Phi) is 6.88. The maximum atomic E-state index is 12.8. The molecule has 2 aromatic carbocycles. The Hall–Kier alpha value is -4.18. The molecule has 1 saturated heterocycles. The van der Waals surface area contributed by atoms with E-state index in [4.69, 9.17) is 9.47 Å². The monoisotopic (exact) mass is 477 g/mol. The molecule has 0 saturated carbocycles. The van der Waals surface area contributed by atoms with E-state index in [1.54, 1.807) is 24.3 Å². The van der Waals surface area contributed by atoms with Crippen molar-refractivity contribution in [2.24, 2.45) is 0 Å². The molecule has 0 unspecified atom stereocenters. The molecule has 0 N–H and O–H groups in total. The molecule has 10 heteroatoms. The number of nitro groups is 1. The molecule has 4 rings (SSSR count). The van der Waals surface area contributed by atoms with E-state index in [1.807, 2.05) is 30.3 Å². The number of ether oxygens (including phenoxy) is 2. The van der Waals surface area contributed by atoms with Crippen molar-refractivity contribution in [3.05, 3.63) is 93.0 Å². The van der Waals surface area contributed by atoms with Crippen LogP contribution in [0.2, 0.25) is 0 Å². The summed E-state index contributed by atoms with van der Waals surface area (Å²) >= 11 is 0.879. The van der Waals surface area contributed by atoms with Gasteiger partial charge in [0.2, 0.25) is 0 Å². The van der Waals surface area contributed by atoms with E-state index in [-0.39, 0.29) is 34.2 Å². The molecule has 3 aromatic rings. The van der Waals surface area contributed by atoms with Gasteiger partial charge in [-0.05, 0) is 53.6 Å². The van der Waals surface area contributed by atoms with Crippen molar-refractivity contribution < 1.29 is 24.0 Å². The number of benzene rings is 2. The molecule has 0 radical (unpaired) electrons. The molecule has 2 amide bonds. The Labute approximate surface area is 199 Å². The number of carbonyl (C=O) groups is 2. The number of hydrogen-bond acceptors (Lipinski definition) is 8. The van der Waals surface area contributed by atoms with E-state index in [1.165, 1.54) is 30.3 Å². The third-order valence-electron chi connectivity index (χ3n) is 4.98. The SMILES string of the molecule is COc1cc(/C=C2\SC(=O)N(CCc3ccccc3)C2=O)ccc1Oc1ncccc1[N+](=O)[O-]. The van der Waals surface area contributed by atoms with Crippen molar-refractivity contribution >= 4 is 34.7 Å². The van der Waals surface area contributed by atoms with Crippen molar-refractivity contribution in [2.45, 2.75) is 6.42 Å². The summed E-state index contributed by atoms with van der Waals surface area (Å²) in [5.74, 6) is -0.0122. The van der Waals surface area contributed by atoms with Crippen molar-refractivity contribution in [3.63, 3.8) is 0 Å². The second-order valence-electron chi connectivity index (χ2n) is 7.17. The first kappa shape index (κ1) is 23.0. The minimum Gasteiger partial charge on any atom is -0.493 e. The Balaban J connectivity index is 1.51. The lowest BCUT2D eigenvalue weighted by Gasteiger charge is -2.12. The number of aromatic nitrogens is 1. The first-order valence-electron chi connectivity index (χ1n) is 10.2. The predicted molar refractivity (Wildman–Crippen MR) is 127 cm³/mol. The number of rotatable bonds is 8. The second kappa shape index (κ2) is 10.2. The van der Waals surface area contributed by atoms with Crippen molar-refractivity contribution in [1.82, 2.24) is 9.88 Å². The van der Waals surface area contributed by atoms with Crippen LogP contribution in [0, 0.1) is 10.1 Å². The lowest BCUT2D eigenvalue weighted by atomic mass is 10.1. The molecule has 34 heavy (non-hydrogen) atoms. The number of amides is 2. The third-order valence-corrected chi connectivity index (χ3v) is 5.89. The molecule has 9 nitrogen and oxygen atoms in total. The van der Waals surface area contributed by atoms with Gasteiger partial charge in [0.15, 0.2) is 11.5 Å². The first-order chi connectivity index (χ1) is 16.5. The molecule has 1 aliphatic heterocycles. The van der Waals surface area contributed by atoms with Gasteiger partial charge in [0, 0.05) is 18.8 Å². The molecule has 172 valence electrons. The Bertz CT molecular complexity index is 1280. The van der Waals surface area contributed by atoms with Crippen LogP contribution in [0.5, 0.6) is 17.4 Å². The Morgan fingerprint density at radius 1 is 1.09 bits per heavy atom. The van der Waals surface area contributed by atoms with Crippen LogP contribution in [0.25, 0.3) is 6.08 Å². The van der Waals surface area contributed by atoms with Crippen LogP contribution in [0.15, 0.2) is 71.8 Å². The lowest BCUT2D eigenvalue weighted by molar-refractivity contribution is -0.386. The Morgan fingerprint density at radius 3 is 2.62 bits per heavy atom. The molecule has 0 aliphatic carbocycles. The van der Waals surface area contributed by atoms with Crippen molar-refractivity contribution in [1.29, 1.82) is 0 Å². The van der Waals surface area contributed by atoms with Gasteiger partial charge in [0.1, 0.15) is 0 Å². The van der Waals surface area contributed by atoms with E-state index >= 15 is 0 Å². The zero-order chi connectivity index (χ0) is 24.1. The van der Waals surface area contributed by atoms with Gasteiger partial charge in [-0.1, -0.05) is 36.4 Å². The highest BCUT2D eigenvalue weighted by atomic mass is 32.2. The average Bonchev–Trinajstić information content (AvgIpc) is 3.11. The average molecular weight is 477 g/mol. The molecule has 0 bridgehead atoms. The van der Waals surface area contributed by atoms with Crippen LogP contribution in [-0.2, 0) is 11.2 Å². The molecule has 1 fully saturated rings. The number of nitrogens with zero attached hydrogens (tertiary/aromatic N) is 3. The summed E-state index contributed by atoms with van der Waals surface area (Å²) in [7, 11) is 1.43. The number of hydrogen-bond donors (Lipinski definition) is 0. The second-order valence-corrected chi connectivity index (χ2v) is 8.16. The highest BCUT2D eigenvalue weighted by molar-refractivity contribution is 8.18.